The van der Waals surface area contributed by atoms with E-state index in [1.807, 2.05) is 26.0 Å². The van der Waals surface area contributed by atoms with Gasteiger partial charge < -0.3 is 4.74 Å². The van der Waals surface area contributed by atoms with Crippen molar-refractivity contribution < 1.29 is 17.9 Å². The maximum Gasteiger partial charge on any atom is 0.159 e. The molecule has 0 amide bonds. The van der Waals surface area contributed by atoms with Crippen LogP contribution in [0.4, 0.5) is 13.2 Å². The van der Waals surface area contributed by atoms with Crippen LogP contribution in [0.25, 0.3) is 11.1 Å². The number of hydrogen-bond acceptors (Lipinski definition) is 1. The average molecular weight is 366 g/mol. The van der Waals surface area contributed by atoms with E-state index < -0.39 is 17.5 Å². The summed E-state index contributed by atoms with van der Waals surface area (Å²) in [4.78, 5) is 0. The Bertz CT molecular complexity index is 1050. The highest BCUT2D eigenvalue weighted by molar-refractivity contribution is 5.65. The molecular weight excluding hydrogens is 349 g/mol. The third-order valence-corrected chi connectivity index (χ3v) is 4.29. The number of ether oxygens (including phenoxy) is 1. The summed E-state index contributed by atoms with van der Waals surface area (Å²) in [5.74, 6) is 4.18. The van der Waals surface area contributed by atoms with E-state index in [-0.39, 0.29) is 5.56 Å². The van der Waals surface area contributed by atoms with Gasteiger partial charge in [-0.15, -0.1) is 0 Å². The molecule has 0 aromatic heterocycles. The van der Waals surface area contributed by atoms with Crippen LogP contribution in [-0.2, 0) is 0 Å². The molecule has 3 aromatic carbocycles. The molecule has 0 unspecified atom stereocenters. The van der Waals surface area contributed by atoms with Gasteiger partial charge in [0.1, 0.15) is 11.6 Å². The summed E-state index contributed by atoms with van der Waals surface area (Å²) in [6, 6.07) is 11.7. The molecule has 0 aliphatic carbocycles. The van der Waals surface area contributed by atoms with Crippen LogP contribution < -0.4 is 4.74 Å². The number of benzene rings is 3. The zero-order valence-corrected chi connectivity index (χ0v) is 15.2. The topological polar surface area (TPSA) is 9.23 Å². The van der Waals surface area contributed by atoms with Crippen LogP contribution in [-0.4, -0.2) is 7.11 Å². The highest BCUT2D eigenvalue weighted by atomic mass is 19.2. The highest BCUT2D eigenvalue weighted by Gasteiger charge is 2.08. The van der Waals surface area contributed by atoms with E-state index >= 15 is 0 Å². The van der Waals surface area contributed by atoms with Crippen molar-refractivity contribution in [2.24, 2.45) is 0 Å². The molecule has 0 fully saturated rings. The largest absolute Gasteiger partial charge is 0.497 e. The predicted molar refractivity (Wildman–Crippen MR) is 100 cm³/mol. The Labute approximate surface area is 156 Å². The van der Waals surface area contributed by atoms with Crippen LogP contribution >= 0.6 is 0 Å². The second-order valence-electron chi connectivity index (χ2n) is 6.21. The number of halogens is 3. The fourth-order valence-electron chi connectivity index (χ4n) is 2.84. The lowest BCUT2D eigenvalue weighted by atomic mass is 10.0. The molecule has 0 saturated heterocycles. The molecule has 0 bridgehead atoms. The molecule has 0 N–H and O–H groups in total. The summed E-state index contributed by atoms with van der Waals surface area (Å²) in [5, 5.41) is 0. The summed E-state index contributed by atoms with van der Waals surface area (Å²) in [6.45, 7) is 3.84. The smallest absolute Gasteiger partial charge is 0.159 e. The summed E-state index contributed by atoms with van der Waals surface area (Å²) < 4.78 is 46.1. The number of methoxy groups -OCH3 is 1. The Balaban J connectivity index is 1.94. The minimum atomic E-state index is -0.970. The zero-order valence-electron chi connectivity index (χ0n) is 15.2. The second-order valence-corrected chi connectivity index (χ2v) is 6.21. The van der Waals surface area contributed by atoms with Gasteiger partial charge in [0.2, 0.25) is 0 Å². The predicted octanol–water partition coefficient (Wildman–Crippen LogP) is 5.80. The molecule has 0 heterocycles. The number of hydrogen-bond donors (Lipinski definition) is 0. The first-order valence-corrected chi connectivity index (χ1v) is 8.31. The molecule has 0 aliphatic rings. The molecule has 0 aliphatic heterocycles. The van der Waals surface area contributed by atoms with E-state index in [1.165, 1.54) is 18.2 Å². The van der Waals surface area contributed by atoms with Crippen LogP contribution in [0.15, 0.2) is 48.5 Å². The van der Waals surface area contributed by atoms with Gasteiger partial charge in [-0.25, -0.2) is 13.2 Å². The van der Waals surface area contributed by atoms with Crippen LogP contribution in [0, 0.1) is 43.1 Å². The summed E-state index contributed by atoms with van der Waals surface area (Å²) in [5.41, 5.74) is 3.79. The first kappa shape index (κ1) is 18.6. The Kier molecular flexibility index (Phi) is 5.23. The van der Waals surface area contributed by atoms with Gasteiger partial charge in [0, 0.05) is 5.56 Å². The van der Waals surface area contributed by atoms with E-state index in [2.05, 4.69) is 11.8 Å². The van der Waals surface area contributed by atoms with Crippen LogP contribution in [0.3, 0.4) is 0 Å². The Morgan fingerprint density at radius 3 is 1.85 bits per heavy atom. The molecule has 3 aromatic rings. The van der Waals surface area contributed by atoms with E-state index in [1.54, 1.807) is 13.2 Å². The van der Waals surface area contributed by atoms with Crippen molar-refractivity contribution in [1.82, 2.24) is 0 Å². The first-order valence-electron chi connectivity index (χ1n) is 8.31. The van der Waals surface area contributed by atoms with Gasteiger partial charge in [-0.1, -0.05) is 24.0 Å². The molecule has 4 heteroatoms. The van der Waals surface area contributed by atoms with E-state index in [0.29, 0.717) is 11.1 Å². The van der Waals surface area contributed by atoms with Crippen molar-refractivity contribution in [3.05, 3.63) is 88.2 Å². The Morgan fingerprint density at radius 1 is 0.704 bits per heavy atom. The van der Waals surface area contributed by atoms with Crippen molar-refractivity contribution in [2.75, 3.05) is 7.11 Å². The SMILES string of the molecule is COc1cc(C)c(C#Cc2ccc(-c3ccc(F)c(F)c3)cc2F)c(C)c1. The molecule has 0 spiro atoms. The van der Waals surface area contributed by atoms with Crippen molar-refractivity contribution >= 4 is 0 Å². The molecule has 0 radical (unpaired) electrons. The maximum absolute atomic E-state index is 14.4. The molecule has 136 valence electrons. The highest BCUT2D eigenvalue weighted by Crippen LogP contribution is 2.24. The van der Waals surface area contributed by atoms with Gasteiger partial charge in [0.25, 0.3) is 0 Å². The van der Waals surface area contributed by atoms with Crippen molar-refractivity contribution in [3.63, 3.8) is 0 Å². The fourth-order valence-corrected chi connectivity index (χ4v) is 2.84. The minimum Gasteiger partial charge on any atom is -0.497 e. The van der Waals surface area contributed by atoms with E-state index in [4.69, 9.17) is 4.74 Å². The van der Waals surface area contributed by atoms with Gasteiger partial charge >= 0.3 is 0 Å². The van der Waals surface area contributed by atoms with Gasteiger partial charge in [-0.2, -0.15) is 0 Å². The lowest BCUT2D eigenvalue weighted by Gasteiger charge is -2.07. The monoisotopic (exact) mass is 366 g/mol. The molecule has 0 saturated carbocycles. The summed E-state index contributed by atoms with van der Waals surface area (Å²) >= 11 is 0. The van der Waals surface area contributed by atoms with Crippen LogP contribution in [0.1, 0.15) is 22.3 Å². The van der Waals surface area contributed by atoms with Gasteiger partial charge in [-0.3, -0.25) is 0 Å². The zero-order chi connectivity index (χ0) is 19.6. The van der Waals surface area contributed by atoms with Gasteiger partial charge in [-0.05, 0) is 72.5 Å². The number of rotatable bonds is 2. The molecule has 27 heavy (non-hydrogen) atoms. The van der Waals surface area contributed by atoms with Crippen molar-refractivity contribution in [2.45, 2.75) is 13.8 Å². The first-order chi connectivity index (χ1) is 12.9. The van der Waals surface area contributed by atoms with E-state index in [9.17, 15) is 13.2 Å². The minimum absolute atomic E-state index is 0.232. The molecular formula is C23H17F3O. The Morgan fingerprint density at radius 2 is 1.30 bits per heavy atom. The third-order valence-electron chi connectivity index (χ3n) is 4.29. The standard InChI is InChI=1S/C23H17F3O/c1-14-10-19(27-3)11-15(2)20(14)8-6-16-4-5-17(12-22(16)25)18-7-9-21(24)23(26)13-18/h4-5,7,9-13H,1-3H3. The quantitative estimate of drug-likeness (QED) is 0.521. The molecule has 3 rings (SSSR count). The van der Waals surface area contributed by atoms with Gasteiger partial charge in [0.05, 0.1) is 12.7 Å². The lowest BCUT2D eigenvalue weighted by Crippen LogP contribution is -1.92. The van der Waals surface area contributed by atoms with Crippen LogP contribution in [0.5, 0.6) is 5.75 Å². The van der Waals surface area contributed by atoms with Crippen molar-refractivity contribution in [3.8, 4) is 28.7 Å². The van der Waals surface area contributed by atoms with Crippen LogP contribution in [0.2, 0.25) is 0 Å². The number of aryl methyl sites for hydroxylation is 2. The fraction of sp³-hybridized carbons (Fsp3) is 0.130. The second kappa shape index (κ2) is 7.59. The van der Waals surface area contributed by atoms with Gasteiger partial charge in [0.15, 0.2) is 11.6 Å². The average Bonchev–Trinajstić information content (AvgIpc) is 2.64. The van der Waals surface area contributed by atoms with Crippen molar-refractivity contribution in [1.29, 1.82) is 0 Å². The Hall–Kier alpha value is -3.19. The molecule has 0 atom stereocenters. The summed E-state index contributed by atoms with van der Waals surface area (Å²) in [7, 11) is 1.60. The lowest BCUT2D eigenvalue weighted by molar-refractivity contribution is 0.414. The summed E-state index contributed by atoms with van der Waals surface area (Å²) in [6.07, 6.45) is 0. The normalized spacial score (nSPS) is 10.3. The maximum atomic E-state index is 14.4. The van der Waals surface area contributed by atoms with E-state index in [0.717, 1.165) is 34.6 Å². The molecule has 1 nitrogen and oxygen atoms in total. The third kappa shape index (κ3) is 3.98.